The fraction of sp³-hybridized carbons (Fsp3) is 0.722. The van der Waals surface area contributed by atoms with Gasteiger partial charge in [-0.1, -0.05) is 20.8 Å². The Labute approximate surface area is 139 Å². The number of hydrogen-bond acceptors (Lipinski definition) is 4. The Balaban J connectivity index is 1.93. The van der Waals surface area contributed by atoms with Crippen LogP contribution in [0.1, 0.15) is 68.3 Å². The summed E-state index contributed by atoms with van der Waals surface area (Å²) in [5.41, 5.74) is 6.26. The normalized spacial score (nSPS) is 18.7. The maximum absolute atomic E-state index is 11.4. The van der Waals surface area contributed by atoms with Crippen molar-refractivity contribution in [2.45, 2.75) is 64.5 Å². The Morgan fingerprint density at radius 2 is 2.17 bits per heavy atom. The molecule has 0 aliphatic carbocycles. The number of furan rings is 1. The Hall–Kier alpha value is -1.33. The van der Waals surface area contributed by atoms with E-state index < -0.39 is 5.91 Å². The highest BCUT2D eigenvalue weighted by molar-refractivity contribution is 5.90. The van der Waals surface area contributed by atoms with Gasteiger partial charge in [0.05, 0.1) is 6.10 Å². The van der Waals surface area contributed by atoms with E-state index in [0.717, 1.165) is 43.9 Å². The highest BCUT2D eigenvalue weighted by Crippen LogP contribution is 2.29. The summed E-state index contributed by atoms with van der Waals surface area (Å²) >= 11 is 0. The minimum absolute atomic E-state index is 0.151. The largest absolute Gasteiger partial charge is 0.455 e. The van der Waals surface area contributed by atoms with Crippen molar-refractivity contribution in [2.75, 3.05) is 20.2 Å². The van der Waals surface area contributed by atoms with E-state index in [1.807, 2.05) is 0 Å². The standard InChI is InChI=1S/C18H30N2O3/c1-18(2,3)16-13(11-15(23-16)17(19)21)12-20(4)9-5-7-14-8-6-10-22-14/h11,14H,5-10,12H2,1-4H3,(H2,19,21)/t14-/m1/s1. The van der Waals surface area contributed by atoms with Gasteiger partial charge in [0.2, 0.25) is 0 Å². The molecule has 23 heavy (non-hydrogen) atoms. The topological polar surface area (TPSA) is 68.7 Å². The van der Waals surface area contributed by atoms with Crippen molar-refractivity contribution in [2.24, 2.45) is 5.73 Å². The fourth-order valence-corrected chi connectivity index (χ4v) is 3.13. The van der Waals surface area contributed by atoms with Crippen LogP contribution in [0.15, 0.2) is 10.5 Å². The minimum Gasteiger partial charge on any atom is -0.455 e. The number of primary amides is 1. The van der Waals surface area contributed by atoms with E-state index in [1.54, 1.807) is 6.07 Å². The monoisotopic (exact) mass is 322 g/mol. The highest BCUT2D eigenvalue weighted by atomic mass is 16.5. The van der Waals surface area contributed by atoms with E-state index in [9.17, 15) is 4.79 Å². The molecule has 1 fully saturated rings. The van der Waals surface area contributed by atoms with Crippen LogP contribution in [0.2, 0.25) is 0 Å². The van der Waals surface area contributed by atoms with E-state index in [1.165, 1.54) is 12.8 Å². The SMILES string of the molecule is CN(CCC[C@@H]1CCCO1)Cc1cc(C(N)=O)oc1C(C)(C)C. The predicted molar refractivity (Wildman–Crippen MR) is 90.5 cm³/mol. The van der Waals surface area contributed by atoms with Gasteiger partial charge in [0.15, 0.2) is 5.76 Å². The lowest BCUT2D eigenvalue weighted by Crippen LogP contribution is -2.22. The molecule has 5 heteroatoms. The molecule has 1 saturated heterocycles. The summed E-state index contributed by atoms with van der Waals surface area (Å²) < 4.78 is 11.4. The van der Waals surface area contributed by atoms with Crippen LogP contribution in [-0.4, -0.2) is 37.1 Å². The lowest BCUT2D eigenvalue weighted by Gasteiger charge is -2.21. The van der Waals surface area contributed by atoms with Crippen LogP contribution in [0.25, 0.3) is 0 Å². The zero-order chi connectivity index (χ0) is 17.0. The van der Waals surface area contributed by atoms with E-state index in [-0.39, 0.29) is 11.2 Å². The van der Waals surface area contributed by atoms with Crippen molar-refractivity contribution >= 4 is 5.91 Å². The first-order valence-corrected chi connectivity index (χ1v) is 8.50. The van der Waals surface area contributed by atoms with Crippen LogP contribution < -0.4 is 5.73 Å². The molecule has 0 radical (unpaired) electrons. The van der Waals surface area contributed by atoms with Gasteiger partial charge in [0.1, 0.15) is 5.76 Å². The minimum atomic E-state index is -0.511. The molecule has 2 N–H and O–H groups in total. The summed E-state index contributed by atoms with van der Waals surface area (Å²) in [5.74, 6) is 0.581. The van der Waals surface area contributed by atoms with Crippen LogP contribution in [0.5, 0.6) is 0 Å². The third-order valence-electron chi connectivity index (χ3n) is 4.26. The fourth-order valence-electron chi connectivity index (χ4n) is 3.13. The summed E-state index contributed by atoms with van der Waals surface area (Å²) in [6, 6.07) is 1.79. The molecule has 0 aromatic carbocycles. The molecule has 130 valence electrons. The maximum atomic E-state index is 11.4. The van der Waals surface area contributed by atoms with Gasteiger partial charge in [0.25, 0.3) is 5.91 Å². The van der Waals surface area contributed by atoms with Crippen LogP contribution in [0, 0.1) is 0 Å². The number of rotatable bonds is 7. The van der Waals surface area contributed by atoms with Gasteiger partial charge in [-0.3, -0.25) is 4.79 Å². The third kappa shape index (κ3) is 5.08. The van der Waals surface area contributed by atoms with Gasteiger partial charge in [-0.25, -0.2) is 0 Å². The first-order chi connectivity index (χ1) is 10.8. The molecule has 0 saturated carbocycles. The van der Waals surface area contributed by atoms with Crippen molar-refractivity contribution in [1.82, 2.24) is 4.90 Å². The van der Waals surface area contributed by atoms with Crippen molar-refractivity contribution < 1.29 is 13.9 Å². The molecule has 1 aliphatic heterocycles. The summed E-state index contributed by atoms with van der Waals surface area (Å²) in [6.07, 6.45) is 5.08. The zero-order valence-corrected chi connectivity index (χ0v) is 14.9. The molecule has 5 nitrogen and oxygen atoms in total. The molecular formula is C18H30N2O3. The average molecular weight is 322 g/mol. The predicted octanol–water partition coefficient (Wildman–Crippen LogP) is 3.07. The van der Waals surface area contributed by atoms with E-state index in [4.69, 9.17) is 14.9 Å². The summed E-state index contributed by atoms with van der Waals surface area (Å²) in [4.78, 5) is 13.7. The summed E-state index contributed by atoms with van der Waals surface area (Å²) in [6.45, 7) is 8.92. The number of nitrogens with zero attached hydrogens (tertiary/aromatic N) is 1. The number of carbonyl (C=O) groups excluding carboxylic acids is 1. The van der Waals surface area contributed by atoms with E-state index in [0.29, 0.717) is 6.10 Å². The van der Waals surface area contributed by atoms with Crippen LogP contribution in [0.4, 0.5) is 0 Å². The Bertz CT molecular complexity index is 525. The van der Waals surface area contributed by atoms with Crippen molar-refractivity contribution in [3.8, 4) is 0 Å². The molecule has 2 rings (SSSR count). The number of ether oxygens (including phenoxy) is 1. The van der Waals surface area contributed by atoms with Gasteiger partial charge in [-0.05, 0) is 45.3 Å². The summed E-state index contributed by atoms with van der Waals surface area (Å²) in [5, 5.41) is 0. The number of carbonyl (C=O) groups is 1. The molecule has 0 unspecified atom stereocenters. The second-order valence-corrected chi connectivity index (χ2v) is 7.59. The Morgan fingerprint density at radius 3 is 2.74 bits per heavy atom. The zero-order valence-electron chi connectivity index (χ0n) is 14.9. The van der Waals surface area contributed by atoms with Gasteiger partial charge >= 0.3 is 0 Å². The van der Waals surface area contributed by atoms with Gasteiger partial charge in [0, 0.05) is 24.1 Å². The molecule has 1 aliphatic rings. The van der Waals surface area contributed by atoms with Crippen molar-refractivity contribution in [3.05, 3.63) is 23.2 Å². The van der Waals surface area contributed by atoms with Crippen LogP contribution in [-0.2, 0) is 16.7 Å². The smallest absolute Gasteiger partial charge is 0.284 e. The third-order valence-corrected chi connectivity index (χ3v) is 4.26. The number of amides is 1. The van der Waals surface area contributed by atoms with Crippen molar-refractivity contribution in [3.63, 3.8) is 0 Å². The van der Waals surface area contributed by atoms with Gasteiger partial charge in [-0.15, -0.1) is 0 Å². The quantitative estimate of drug-likeness (QED) is 0.837. The molecular weight excluding hydrogens is 292 g/mol. The molecule has 1 aromatic heterocycles. The van der Waals surface area contributed by atoms with E-state index in [2.05, 4.69) is 32.7 Å². The molecule has 1 amide bonds. The van der Waals surface area contributed by atoms with Crippen molar-refractivity contribution in [1.29, 1.82) is 0 Å². The lowest BCUT2D eigenvalue weighted by molar-refractivity contribution is 0.0970. The maximum Gasteiger partial charge on any atom is 0.284 e. The lowest BCUT2D eigenvalue weighted by atomic mass is 9.90. The van der Waals surface area contributed by atoms with Crippen LogP contribution in [0.3, 0.4) is 0 Å². The molecule has 2 heterocycles. The molecule has 1 atom stereocenters. The Kier molecular flexibility index (Phi) is 5.87. The van der Waals surface area contributed by atoms with Gasteiger partial charge < -0.3 is 19.8 Å². The van der Waals surface area contributed by atoms with Gasteiger partial charge in [-0.2, -0.15) is 0 Å². The molecule has 0 spiro atoms. The number of hydrogen-bond donors (Lipinski definition) is 1. The second kappa shape index (κ2) is 7.49. The number of nitrogens with two attached hydrogens (primary N) is 1. The Morgan fingerprint density at radius 1 is 1.43 bits per heavy atom. The summed E-state index contributed by atoms with van der Waals surface area (Å²) in [7, 11) is 2.10. The molecule has 0 bridgehead atoms. The van der Waals surface area contributed by atoms with Crippen LogP contribution >= 0.6 is 0 Å². The second-order valence-electron chi connectivity index (χ2n) is 7.59. The van der Waals surface area contributed by atoms with E-state index >= 15 is 0 Å². The first kappa shape index (κ1) is 18.0. The highest BCUT2D eigenvalue weighted by Gasteiger charge is 2.25. The average Bonchev–Trinajstić information content (AvgIpc) is 3.07. The first-order valence-electron chi connectivity index (χ1n) is 8.50. The molecule has 1 aromatic rings.